The first-order chi connectivity index (χ1) is 6.59. The summed E-state index contributed by atoms with van der Waals surface area (Å²) in [5.41, 5.74) is 1.32. The Morgan fingerprint density at radius 3 is 2.93 bits per heavy atom. The highest BCUT2D eigenvalue weighted by atomic mass is 79.9. The Kier molecular flexibility index (Phi) is 2.03. The molecule has 14 heavy (non-hydrogen) atoms. The molecule has 0 amide bonds. The van der Waals surface area contributed by atoms with Crippen LogP contribution < -0.4 is 0 Å². The van der Waals surface area contributed by atoms with Crippen LogP contribution in [0.25, 0.3) is 10.9 Å². The standard InChI is InChI=1S/C9H7BrN2O2/c1-5-7-3-2-6(10)4-8(7)12(11-5)9(13)14/h2-4H,1H3,(H,13,14). The molecule has 0 bridgehead atoms. The van der Waals surface area contributed by atoms with Gasteiger partial charge in [-0.3, -0.25) is 0 Å². The predicted molar refractivity (Wildman–Crippen MR) is 55.6 cm³/mol. The van der Waals surface area contributed by atoms with Crippen LogP contribution in [0.5, 0.6) is 0 Å². The molecule has 1 aromatic carbocycles. The van der Waals surface area contributed by atoms with E-state index in [0.717, 1.165) is 20.2 Å². The number of aryl methyl sites for hydroxylation is 1. The Labute approximate surface area is 88.3 Å². The van der Waals surface area contributed by atoms with Crippen LogP contribution in [-0.4, -0.2) is 21.0 Å². The molecular weight excluding hydrogens is 248 g/mol. The van der Waals surface area contributed by atoms with Crippen LogP contribution in [0.3, 0.4) is 0 Å². The van der Waals surface area contributed by atoms with Gasteiger partial charge >= 0.3 is 6.09 Å². The van der Waals surface area contributed by atoms with E-state index in [9.17, 15) is 4.79 Å². The molecule has 0 fully saturated rings. The van der Waals surface area contributed by atoms with Crippen molar-refractivity contribution in [3.05, 3.63) is 28.4 Å². The highest BCUT2D eigenvalue weighted by Gasteiger charge is 2.11. The minimum absolute atomic E-state index is 0.601. The van der Waals surface area contributed by atoms with Gasteiger partial charge in [-0.2, -0.15) is 9.78 Å². The van der Waals surface area contributed by atoms with Crippen LogP contribution >= 0.6 is 15.9 Å². The first-order valence-electron chi connectivity index (χ1n) is 3.98. The quantitative estimate of drug-likeness (QED) is 0.787. The molecule has 0 aliphatic heterocycles. The number of hydrogen-bond donors (Lipinski definition) is 1. The van der Waals surface area contributed by atoms with Crippen LogP contribution in [0.15, 0.2) is 22.7 Å². The van der Waals surface area contributed by atoms with Crippen LogP contribution in [0, 0.1) is 6.92 Å². The second-order valence-corrected chi connectivity index (χ2v) is 3.86. The van der Waals surface area contributed by atoms with Crippen molar-refractivity contribution >= 4 is 32.9 Å². The van der Waals surface area contributed by atoms with Crippen LogP contribution in [0.2, 0.25) is 0 Å². The zero-order valence-electron chi connectivity index (χ0n) is 7.36. The molecule has 2 rings (SSSR count). The molecule has 0 aliphatic carbocycles. The lowest BCUT2D eigenvalue weighted by atomic mass is 10.2. The number of carboxylic acid groups (broad SMARTS) is 1. The summed E-state index contributed by atoms with van der Waals surface area (Å²) < 4.78 is 1.82. The number of fused-ring (bicyclic) bond motifs is 1. The predicted octanol–water partition coefficient (Wildman–Crippen LogP) is 2.63. The molecule has 1 N–H and O–H groups in total. The highest BCUT2D eigenvalue weighted by molar-refractivity contribution is 9.10. The first-order valence-corrected chi connectivity index (χ1v) is 4.77. The molecule has 2 aromatic rings. The van der Waals surface area contributed by atoms with E-state index in [1.54, 1.807) is 13.0 Å². The fourth-order valence-corrected chi connectivity index (χ4v) is 1.74. The molecule has 0 saturated carbocycles. The van der Waals surface area contributed by atoms with Gasteiger partial charge in [0, 0.05) is 9.86 Å². The lowest BCUT2D eigenvalue weighted by Gasteiger charge is -1.95. The molecule has 72 valence electrons. The van der Waals surface area contributed by atoms with E-state index in [-0.39, 0.29) is 0 Å². The summed E-state index contributed by atoms with van der Waals surface area (Å²) in [7, 11) is 0. The molecule has 1 heterocycles. The molecule has 4 nitrogen and oxygen atoms in total. The number of halogens is 1. The molecule has 0 saturated heterocycles. The fraction of sp³-hybridized carbons (Fsp3) is 0.111. The highest BCUT2D eigenvalue weighted by Crippen LogP contribution is 2.22. The third kappa shape index (κ3) is 1.29. The number of benzene rings is 1. The zero-order valence-corrected chi connectivity index (χ0v) is 8.95. The maximum absolute atomic E-state index is 10.8. The van der Waals surface area contributed by atoms with Crippen molar-refractivity contribution in [3.8, 4) is 0 Å². The van der Waals surface area contributed by atoms with Crippen LogP contribution in [0.4, 0.5) is 4.79 Å². The largest absolute Gasteiger partial charge is 0.463 e. The van der Waals surface area contributed by atoms with Crippen molar-refractivity contribution in [2.24, 2.45) is 0 Å². The summed E-state index contributed by atoms with van der Waals surface area (Å²) in [5.74, 6) is 0. The van der Waals surface area contributed by atoms with Gasteiger partial charge in [-0.05, 0) is 25.1 Å². The summed E-state index contributed by atoms with van der Waals surface area (Å²) in [4.78, 5) is 10.8. The molecule has 0 unspecified atom stereocenters. The SMILES string of the molecule is Cc1nn(C(=O)O)c2cc(Br)ccc12. The number of nitrogens with zero attached hydrogens (tertiary/aromatic N) is 2. The molecule has 0 radical (unpaired) electrons. The Balaban J connectivity index is 2.85. The lowest BCUT2D eigenvalue weighted by Crippen LogP contribution is -2.09. The monoisotopic (exact) mass is 254 g/mol. The van der Waals surface area contributed by atoms with E-state index in [4.69, 9.17) is 5.11 Å². The van der Waals surface area contributed by atoms with Gasteiger partial charge in [0.25, 0.3) is 0 Å². The molecule has 0 spiro atoms. The van der Waals surface area contributed by atoms with Gasteiger partial charge in [-0.25, -0.2) is 4.79 Å². The third-order valence-electron chi connectivity index (χ3n) is 2.01. The van der Waals surface area contributed by atoms with Crippen molar-refractivity contribution in [1.29, 1.82) is 0 Å². The van der Waals surface area contributed by atoms with Gasteiger partial charge < -0.3 is 5.11 Å². The maximum atomic E-state index is 10.8. The average Bonchev–Trinajstić information content (AvgIpc) is 2.43. The summed E-state index contributed by atoms with van der Waals surface area (Å²) >= 11 is 3.29. The van der Waals surface area contributed by atoms with E-state index < -0.39 is 6.09 Å². The molecule has 0 aliphatic rings. The lowest BCUT2D eigenvalue weighted by molar-refractivity contribution is 0.194. The zero-order chi connectivity index (χ0) is 10.3. The van der Waals surface area contributed by atoms with Gasteiger partial charge in [0.05, 0.1) is 11.2 Å². The van der Waals surface area contributed by atoms with E-state index in [0.29, 0.717) is 5.52 Å². The Hall–Kier alpha value is -1.36. The summed E-state index contributed by atoms with van der Waals surface area (Å²) in [6.45, 7) is 1.79. The maximum Gasteiger partial charge on any atom is 0.432 e. The third-order valence-corrected chi connectivity index (χ3v) is 2.50. The normalized spacial score (nSPS) is 10.7. The van der Waals surface area contributed by atoms with Gasteiger partial charge in [0.15, 0.2) is 0 Å². The van der Waals surface area contributed by atoms with Gasteiger partial charge in [-0.15, -0.1) is 0 Å². The minimum atomic E-state index is -1.07. The van der Waals surface area contributed by atoms with Crippen molar-refractivity contribution in [2.75, 3.05) is 0 Å². The number of rotatable bonds is 0. The van der Waals surface area contributed by atoms with E-state index in [2.05, 4.69) is 21.0 Å². The number of carbonyl (C=O) groups is 1. The van der Waals surface area contributed by atoms with Gasteiger partial charge in [0.2, 0.25) is 0 Å². The molecule has 1 aromatic heterocycles. The smallest absolute Gasteiger partial charge is 0.432 e. The van der Waals surface area contributed by atoms with E-state index in [1.807, 2.05) is 12.1 Å². The second-order valence-electron chi connectivity index (χ2n) is 2.94. The molecule has 5 heteroatoms. The Bertz CT molecular complexity index is 519. The van der Waals surface area contributed by atoms with E-state index in [1.165, 1.54) is 0 Å². The van der Waals surface area contributed by atoms with Gasteiger partial charge in [-0.1, -0.05) is 15.9 Å². The Morgan fingerprint density at radius 1 is 1.57 bits per heavy atom. The van der Waals surface area contributed by atoms with E-state index >= 15 is 0 Å². The minimum Gasteiger partial charge on any atom is -0.463 e. The fourth-order valence-electron chi connectivity index (χ4n) is 1.39. The average molecular weight is 255 g/mol. The second kappa shape index (κ2) is 3.09. The van der Waals surface area contributed by atoms with Crippen molar-refractivity contribution in [3.63, 3.8) is 0 Å². The molecular formula is C9H7BrN2O2. The van der Waals surface area contributed by atoms with Crippen LogP contribution in [0.1, 0.15) is 5.69 Å². The van der Waals surface area contributed by atoms with Crippen molar-refractivity contribution < 1.29 is 9.90 Å². The topological polar surface area (TPSA) is 55.1 Å². The number of hydrogen-bond acceptors (Lipinski definition) is 2. The first kappa shape index (κ1) is 9.21. The van der Waals surface area contributed by atoms with Crippen molar-refractivity contribution in [2.45, 2.75) is 6.92 Å². The number of aromatic nitrogens is 2. The summed E-state index contributed by atoms with van der Waals surface area (Å²) in [5, 5.41) is 13.7. The molecule has 0 atom stereocenters. The van der Waals surface area contributed by atoms with Gasteiger partial charge in [0.1, 0.15) is 0 Å². The summed E-state index contributed by atoms with van der Waals surface area (Å²) in [6.07, 6.45) is -1.07. The van der Waals surface area contributed by atoms with Crippen LogP contribution in [-0.2, 0) is 0 Å². The van der Waals surface area contributed by atoms with Crippen molar-refractivity contribution in [1.82, 2.24) is 9.78 Å². The Morgan fingerprint density at radius 2 is 2.29 bits per heavy atom. The summed E-state index contributed by atoms with van der Waals surface area (Å²) in [6, 6.07) is 5.45.